The Morgan fingerprint density at radius 1 is 1.08 bits per heavy atom. The van der Waals surface area contributed by atoms with Crippen LogP contribution in [0.15, 0.2) is 53.4 Å². The molecule has 1 aliphatic rings. The van der Waals surface area contributed by atoms with Gasteiger partial charge in [-0.25, -0.2) is 27.2 Å². The van der Waals surface area contributed by atoms with Crippen LogP contribution in [0.3, 0.4) is 0 Å². The van der Waals surface area contributed by atoms with E-state index in [2.05, 4.69) is 25.5 Å². The average Bonchev–Trinajstić information content (AvgIpc) is 3.22. The Morgan fingerprint density at radius 3 is 2.50 bits per heavy atom. The molecule has 200 valence electrons. The van der Waals surface area contributed by atoms with Crippen LogP contribution >= 0.6 is 0 Å². The van der Waals surface area contributed by atoms with Crippen LogP contribution in [0.1, 0.15) is 18.4 Å². The standard InChI is InChI=1S/C22H18F5N7O3S/c23-14-4-2-1-3-13(14)11-34-18(16-5-8-37-32-16)9-17(31-34)20-28-10-15(24)19(30-20)29-12-21(6-7-21)33-38(35,36)22(25,26)27/h1-5,8-10,33H,6-7,11-12H2,(H,28,29,30). The number of halogens is 5. The Bertz CT molecular complexity index is 1570. The zero-order valence-corrected chi connectivity index (χ0v) is 20.0. The zero-order valence-electron chi connectivity index (χ0n) is 19.2. The third-order valence-corrected chi connectivity index (χ3v) is 7.15. The summed E-state index contributed by atoms with van der Waals surface area (Å²) in [5.74, 6) is -1.77. The van der Waals surface area contributed by atoms with Crippen molar-refractivity contribution in [3.63, 3.8) is 0 Å². The summed E-state index contributed by atoms with van der Waals surface area (Å²) < 4.78 is 98.0. The Morgan fingerprint density at radius 2 is 1.84 bits per heavy atom. The molecule has 10 nitrogen and oxygen atoms in total. The number of nitrogens with zero attached hydrogens (tertiary/aromatic N) is 5. The molecule has 0 aliphatic heterocycles. The highest BCUT2D eigenvalue weighted by Gasteiger charge is 2.54. The normalized spacial score (nSPS) is 15.0. The van der Waals surface area contributed by atoms with Crippen molar-refractivity contribution < 1.29 is 34.9 Å². The summed E-state index contributed by atoms with van der Waals surface area (Å²) in [6, 6.07) is 9.20. The summed E-state index contributed by atoms with van der Waals surface area (Å²) in [4.78, 5) is 8.03. The molecule has 38 heavy (non-hydrogen) atoms. The van der Waals surface area contributed by atoms with E-state index >= 15 is 0 Å². The minimum absolute atomic E-state index is 0.0169. The smallest absolute Gasteiger partial charge is 0.366 e. The van der Waals surface area contributed by atoms with Gasteiger partial charge in [-0.2, -0.15) is 23.0 Å². The van der Waals surface area contributed by atoms with Crippen molar-refractivity contribution in [1.82, 2.24) is 29.6 Å². The highest BCUT2D eigenvalue weighted by molar-refractivity contribution is 7.90. The molecule has 1 aliphatic carbocycles. The van der Waals surface area contributed by atoms with E-state index in [-0.39, 0.29) is 43.3 Å². The van der Waals surface area contributed by atoms with Gasteiger partial charge in [-0.05, 0) is 25.0 Å². The second-order valence-electron chi connectivity index (χ2n) is 8.62. The van der Waals surface area contributed by atoms with Gasteiger partial charge in [-0.15, -0.1) is 0 Å². The molecular weight excluding hydrogens is 537 g/mol. The minimum atomic E-state index is -5.58. The lowest BCUT2D eigenvalue weighted by Crippen LogP contribution is -2.47. The number of hydrogen-bond acceptors (Lipinski definition) is 8. The van der Waals surface area contributed by atoms with Crippen LogP contribution in [0.4, 0.5) is 27.8 Å². The quantitative estimate of drug-likeness (QED) is 0.299. The molecule has 1 fully saturated rings. The highest BCUT2D eigenvalue weighted by Crippen LogP contribution is 2.38. The monoisotopic (exact) mass is 555 g/mol. The number of alkyl halides is 3. The van der Waals surface area contributed by atoms with E-state index in [1.54, 1.807) is 29.0 Å². The lowest BCUT2D eigenvalue weighted by atomic mass is 10.2. The summed E-state index contributed by atoms with van der Waals surface area (Å²) in [6.07, 6.45) is 2.43. The largest absolute Gasteiger partial charge is 0.511 e. The molecule has 2 N–H and O–H groups in total. The SMILES string of the molecule is O=S(=O)(NC1(CNc2nc(-c3cc(-c4ccon4)n(Cc4ccccc4F)n3)ncc2F)CC1)C(F)(F)F. The molecule has 16 heteroatoms. The lowest BCUT2D eigenvalue weighted by Gasteiger charge is -2.19. The van der Waals surface area contributed by atoms with Gasteiger partial charge in [0.25, 0.3) is 0 Å². The van der Waals surface area contributed by atoms with Crippen molar-refractivity contribution in [3.8, 4) is 22.9 Å². The number of anilines is 1. The molecule has 1 saturated carbocycles. The first-order valence-corrected chi connectivity index (χ1v) is 12.5. The fourth-order valence-corrected chi connectivity index (χ4v) is 4.62. The predicted molar refractivity (Wildman–Crippen MR) is 123 cm³/mol. The van der Waals surface area contributed by atoms with E-state index in [4.69, 9.17) is 4.52 Å². The minimum Gasteiger partial charge on any atom is -0.366 e. The maximum Gasteiger partial charge on any atom is 0.511 e. The molecule has 0 saturated heterocycles. The molecule has 3 heterocycles. The van der Waals surface area contributed by atoms with Crippen molar-refractivity contribution in [2.75, 3.05) is 11.9 Å². The van der Waals surface area contributed by atoms with Crippen LogP contribution in [0.5, 0.6) is 0 Å². The van der Waals surface area contributed by atoms with Crippen LogP contribution in [0, 0.1) is 11.6 Å². The van der Waals surface area contributed by atoms with E-state index in [1.807, 2.05) is 0 Å². The average molecular weight is 555 g/mol. The molecule has 0 spiro atoms. The van der Waals surface area contributed by atoms with Gasteiger partial charge in [0.15, 0.2) is 17.5 Å². The Hall–Kier alpha value is -3.92. The Kier molecular flexibility index (Phi) is 6.38. The first kappa shape index (κ1) is 25.7. The van der Waals surface area contributed by atoms with Crippen LogP contribution in [0.2, 0.25) is 0 Å². The van der Waals surface area contributed by atoms with E-state index < -0.39 is 32.7 Å². The molecule has 5 rings (SSSR count). The summed E-state index contributed by atoms with van der Waals surface area (Å²) in [7, 11) is -5.58. The van der Waals surface area contributed by atoms with Crippen molar-refractivity contribution in [3.05, 3.63) is 66.1 Å². The molecule has 3 aromatic heterocycles. The van der Waals surface area contributed by atoms with E-state index in [1.165, 1.54) is 23.1 Å². The number of rotatable bonds is 9. The second kappa shape index (κ2) is 9.43. The fraction of sp³-hybridized carbons (Fsp3) is 0.273. The van der Waals surface area contributed by atoms with E-state index in [0.717, 1.165) is 6.20 Å². The number of sulfonamides is 1. The van der Waals surface area contributed by atoms with Crippen molar-refractivity contribution >= 4 is 15.8 Å². The van der Waals surface area contributed by atoms with Crippen LogP contribution < -0.4 is 10.0 Å². The summed E-state index contributed by atoms with van der Waals surface area (Å²) in [5.41, 5.74) is -5.58. The van der Waals surface area contributed by atoms with Crippen LogP contribution in [0.25, 0.3) is 22.9 Å². The predicted octanol–water partition coefficient (Wildman–Crippen LogP) is 3.71. The van der Waals surface area contributed by atoms with Crippen molar-refractivity contribution in [2.45, 2.75) is 30.4 Å². The fourth-order valence-electron chi connectivity index (χ4n) is 3.66. The molecule has 0 radical (unpaired) electrons. The van der Waals surface area contributed by atoms with Crippen LogP contribution in [-0.4, -0.2) is 50.9 Å². The third-order valence-electron chi connectivity index (χ3n) is 5.83. The molecule has 4 aromatic rings. The maximum absolute atomic E-state index is 14.5. The van der Waals surface area contributed by atoms with E-state index in [0.29, 0.717) is 17.0 Å². The summed E-state index contributed by atoms with van der Waals surface area (Å²) in [5, 5.41) is 10.9. The van der Waals surface area contributed by atoms with Gasteiger partial charge in [-0.1, -0.05) is 23.4 Å². The van der Waals surface area contributed by atoms with Gasteiger partial charge in [0.2, 0.25) is 0 Å². The zero-order chi connectivity index (χ0) is 27.1. The van der Waals surface area contributed by atoms with Crippen molar-refractivity contribution in [2.24, 2.45) is 0 Å². The molecular formula is C22H18F5N7O3S. The lowest BCUT2D eigenvalue weighted by molar-refractivity contribution is -0.0451. The van der Waals surface area contributed by atoms with Gasteiger partial charge < -0.3 is 9.84 Å². The van der Waals surface area contributed by atoms with Crippen molar-refractivity contribution in [1.29, 1.82) is 0 Å². The highest BCUT2D eigenvalue weighted by atomic mass is 32.2. The summed E-state index contributed by atoms with van der Waals surface area (Å²) in [6.45, 7) is -0.329. The van der Waals surface area contributed by atoms with Gasteiger partial charge >= 0.3 is 15.5 Å². The number of nitrogens with one attached hydrogen (secondary N) is 2. The number of aromatic nitrogens is 5. The van der Waals surface area contributed by atoms with Crippen LogP contribution in [-0.2, 0) is 16.6 Å². The van der Waals surface area contributed by atoms with Gasteiger partial charge in [-0.3, -0.25) is 4.68 Å². The summed E-state index contributed by atoms with van der Waals surface area (Å²) >= 11 is 0. The first-order valence-electron chi connectivity index (χ1n) is 11.1. The maximum atomic E-state index is 14.5. The second-order valence-corrected chi connectivity index (χ2v) is 10.3. The third kappa shape index (κ3) is 5.22. The van der Waals surface area contributed by atoms with E-state index in [9.17, 15) is 30.4 Å². The Labute approximate surface area is 211 Å². The molecule has 1 aromatic carbocycles. The number of benzene rings is 1. The molecule has 0 atom stereocenters. The topological polar surface area (TPSA) is 128 Å². The molecule has 0 amide bonds. The number of hydrogen-bond donors (Lipinski definition) is 2. The Balaban J connectivity index is 1.41. The first-order chi connectivity index (χ1) is 18.0. The molecule has 0 bridgehead atoms. The van der Waals surface area contributed by atoms with Gasteiger partial charge in [0, 0.05) is 18.2 Å². The van der Waals surface area contributed by atoms with Gasteiger partial charge in [0.05, 0.1) is 24.0 Å². The molecule has 0 unspecified atom stereocenters. The van der Waals surface area contributed by atoms with Gasteiger partial charge in [0.1, 0.15) is 23.5 Å².